The summed E-state index contributed by atoms with van der Waals surface area (Å²) in [6.45, 7) is 23.7. The highest BCUT2D eigenvalue weighted by Gasteiger charge is 2.23. The van der Waals surface area contributed by atoms with E-state index < -0.39 is 23.1 Å². The van der Waals surface area contributed by atoms with Gasteiger partial charge in [0.25, 0.3) is 0 Å². The Hall–Kier alpha value is -9.50. The number of amides is 3. The molecule has 0 aliphatic carbocycles. The Morgan fingerprint density at radius 2 is 1.23 bits per heavy atom. The third-order valence-corrected chi connectivity index (χ3v) is 15.9. The fraction of sp³-hybridized carbons (Fsp3) is 0.413. The second-order valence-corrected chi connectivity index (χ2v) is 25.7. The molecule has 0 saturated heterocycles. The number of nitrogen functional groups attached to an aromatic ring is 1. The van der Waals surface area contributed by atoms with Crippen molar-refractivity contribution >= 4 is 163 Å². The molecule has 0 bridgehead atoms. The van der Waals surface area contributed by atoms with E-state index in [1.54, 1.807) is 84.5 Å². The molecule has 34 nitrogen and oxygen atoms in total. The van der Waals surface area contributed by atoms with Gasteiger partial charge in [-0.2, -0.15) is 64.0 Å². The second-order valence-electron chi connectivity index (χ2n) is 21.4. The summed E-state index contributed by atoms with van der Waals surface area (Å²) in [6.07, 6.45) is 20.9. The van der Waals surface area contributed by atoms with E-state index in [1.165, 1.54) is 44.5 Å². The Kier molecular flexibility index (Phi) is 37.5. The van der Waals surface area contributed by atoms with Gasteiger partial charge in [0.15, 0.2) is 37.5 Å². The maximum Gasteiger partial charge on any atom is 0.413 e. The number of nitrogens with one attached hydrogen (secondary N) is 8. The van der Waals surface area contributed by atoms with Crippen molar-refractivity contribution in [2.75, 3.05) is 60.3 Å². The number of rotatable bonds is 15. The first-order valence-electron chi connectivity index (χ1n) is 32.2. The first kappa shape index (κ1) is 86.9. The molecule has 10 aromatic rings. The van der Waals surface area contributed by atoms with Crippen LogP contribution in [0.1, 0.15) is 122 Å². The lowest BCUT2D eigenvalue weighted by Gasteiger charge is -2.19. The van der Waals surface area contributed by atoms with Crippen molar-refractivity contribution in [3.05, 3.63) is 116 Å². The fourth-order valence-electron chi connectivity index (χ4n) is 8.34. The van der Waals surface area contributed by atoms with Crippen LogP contribution in [-0.2, 0) is 59.2 Å². The minimum absolute atomic E-state index is 0.178. The van der Waals surface area contributed by atoms with Gasteiger partial charge in [0.2, 0.25) is 11.2 Å². The number of nitriles is 1. The number of thiocarbonyl (C=S) groups is 2. The van der Waals surface area contributed by atoms with E-state index in [2.05, 4.69) is 121 Å². The first-order valence-corrected chi connectivity index (χ1v) is 37.8. The molecule has 0 saturated carbocycles. The van der Waals surface area contributed by atoms with E-state index in [0.717, 1.165) is 94.6 Å². The lowest BCUT2D eigenvalue weighted by atomic mass is 10.1. The minimum Gasteiger partial charge on any atom is -0.457 e. The van der Waals surface area contributed by atoms with Gasteiger partial charge in [-0.05, 0) is 146 Å². The highest BCUT2D eigenvalue weighted by molar-refractivity contribution is 8.17. The molecule has 0 radical (unpaired) electrons. The number of ether oxygens (including phenoxy) is 3. The van der Waals surface area contributed by atoms with E-state index in [4.69, 9.17) is 56.9 Å². The second kappa shape index (κ2) is 44.9. The zero-order valence-electron chi connectivity index (χ0n) is 60.1. The van der Waals surface area contributed by atoms with Crippen LogP contribution in [0, 0.1) is 10.7 Å². The molecule has 9 aromatic heterocycles. The molecule has 104 heavy (non-hydrogen) atoms. The smallest absolute Gasteiger partial charge is 0.413 e. The summed E-state index contributed by atoms with van der Waals surface area (Å²) in [4.78, 5) is 81.0. The molecule has 11 rings (SSSR count). The molecule has 1 aliphatic heterocycles. The van der Waals surface area contributed by atoms with Gasteiger partial charge >= 0.3 is 29.2 Å². The molecule has 1 aromatic carbocycles. The molecular weight excluding hydrogens is 1480 g/mol. The average molecular weight is 1570 g/mol. The Morgan fingerprint density at radius 3 is 1.77 bits per heavy atom. The minimum atomic E-state index is -0.572. The number of thioether (sulfide) groups is 4. The number of aryl methyl sites for hydroxylation is 6. The number of carbonyl (C=O) groups is 4. The maximum atomic E-state index is 12.0. The summed E-state index contributed by atoms with van der Waals surface area (Å²) in [6, 6.07) is 7.08. The summed E-state index contributed by atoms with van der Waals surface area (Å²) in [7, 11) is 0. The normalized spacial score (nSPS) is 11.0. The molecule has 1 aliphatic rings. The third kappa shape index (κ3) is 27.3. The number of aromatic nitrogens is 18. The largest absolute Gasteiger partial charge is 0.457 e. The van der Waals surface area contributed by atoms with Crippen molar-refractivity contribution < 1.29 is 38.5 Å². The molecule has 560 valence electrons. The number of H-pyrrole nitrogens is 3. The van der Waals surface area contributed by atoms with E-state index in [-0.39, 0.29) is 23.4 Å². The molecule has 3 amide bonds. The third-order valence-electron chi connectivity index (χ3n) is 13.2. The Morgan fingerprint density at radius 1 is 0.692 bits per heavy atom. The molecule has 10 heterocycles. The maximum absolute atomic E-state index is 12.0. The number of carbonyl (C=O) groups excluding carboxylic acids is 4. The Labute approximate surface area is 632 Å². The Balaban J connectivity index is 0.000000265. The van der Waals surface area contributed by atoms with Gasteiger partial charge in [-0.25, -0.2) is 38.9 Å². The number of aliphatic hydroxyl groups is 1. The number of anilines is 5. The number of nitrogens with zero attached hydrogens (tertiary/aromatic N) is 16. The number of benzene rings is 1. The molecular formula is C63H86ClN25O9S6. The molecule has 0 fully saturated rings. The number of fused-ring (bicyclic) bond motifs is 4. The highest BCUT2D eigenvalue weighted by Crippen LogP contribution is 2.25. The van der Waals surface area contributed by atoms with Gasteiger partial charge in [-0.15, -0.1) is 0 Å². The predicted molar refractivity (Wildman–Crippen MR) is 415 cm³/mol. The quantitative estimate of drug-likeness (QED) is 0.0150. The van der Waals surface area contributed by atoms with Crippen molar-refractivity contribution in [2.45, 2.75) is 149 Å². The van der Waals surface area contributed by atoms with Crippen LogP contribution in [0.15, 0.2) is 81.7 Å². The summed E-state index contributed by atoms with van der Waals surface area (Å²) in [5, 5.41) is 62.3. The standard InChI is InChI=1S/C19H24N6O2S.C9H14N4O2S.C8H9ClN4S.C8H10N4OS.C8H9N3OS.C5H9N3.C4H5NO2S.C2H6O/c1-6-12-11-20-25-15(12)23-17(28-5)24-16(25)21-13-8-7-9-14(10-13)22-18(26)27-19(2,3)4;1-3-6-5-10-13-7(6)11-8(16)12-9(14)15-4-2;1-3-5-4-10-13-6(5)11-8(14-2)12-7(13)9;1-3-5-4-9-12-6(5)10-7(14-2)11-8(12)13;1-2-5-4-9-11-6(5)3-7(13)10-8(11)12;1-2-4-3-7-8-5(4)6;1-2-7-4(6)8-3-5;1-2-3/h7-11H,6H2,1-5H3,(H,22,26)(H,21,23,24);5H,3-4H2,1-2H3,(H3,10,11,12,13,14,16);4H,3H2,1-2H3;4H,3H2,1-2H3,(H,10,11,13);4H,2-3H2,1H3,(H,10,12,13);3H,2H2,1H3,(H3,6,7,8);2H2,1H3;3H,2H2,1H3. The van der Waals surface area contributed by atoms with Crippen LogP contribution in [0.5, 0.6) is 0 Å². The van der Waals surface area contributed by atoms with E-state index in [1.807, 2.05) is 79.4 Å². The van der Waals surface area contributed by atoms with E-state index in [0.29, 0.717) is 86.1 Å². The van der Waals surface area contributed by atoms with Crippen molar-refractivity contribution in [1.29, 1.82) is 5.26 Å². The van der Waals surface area contributed by atoms with Gasteiger partial charge in [-0.3, -0.25) is 31.1 Å². The molecule has 41 heteroatoms. The van der Waals surface area contributed by atoms with Crippen molar-refractivity contribution in [3.8, 4) is 5.40 Å². The zero-order chi connectivity index (χ0) is 77.1. The van der Waals surface area contributed by atoms with Crippen LogP contribution < -0.4 is 38.0 Å². The Bertz CT molecular complexity index is 4540. The number of alkyl carbamates (subject to hydrolysis) is 1. The molecule has 0 unspecified atom stereocenters. The van der Waals surface area contributed by atoms with Crippen LogP contribution >= 0.6 is 83.1 Å². The van der Waals surface area contributed by atoms with E-state index >= 15 is 0 Å². The monoisotopic (exact) mass is 1560 g/mol. The molecule has 11 N–H and O–H groups in total. The van der Waals surface area contributed by atoms with Crippen LogP contribution in [0.3, 0.4) is 0 Å². The lowest BCUT2D eigenvalue weighted by molar-refractivity contribution is 0.0635. The first-order chi connectivity index (χ1) is 49.8. The number of nitrogens with two attached hydrogens (primary N) is 1. The summed E-state index contributed by atoms with van der Waals surface area (Å²) >= 11 is 20.7. The van der Waals surface area contributed by atoms with Gasteiger partial charge in [-0.1, -0.05) is 95.1 Å². The van der Waals surface area contributed by atoms with Crippen LogP contribution in [-0.4, -0.2) is 172 Å². The van der Waals surface area contributed by atoms with Gasteiger partial charge in [0.05, 0.1) is 72.8 Å². The topological polar surface area (TPSA) is 451 Å². The number of hydrogen-bond donors (Lipinski definition) is 10. The van der Waals surface area contributed by atoms with Crippen LogP contribution in [0.2, 0.25) is 5.28 Å². The SMILES string of the molecule is CCO.CCOC(=O)NC(=S)Nc1[nH]ncc1CC.CCOC(=O)SC#N.CCc1cn[nH]c1N.CCc1cnn2c(=O)[nH]c(SC)nc12.CCc1cnn2c(Cl)nc(SC)nc12.CCc1cnn2c(Nc3cccc(NC(=O)OC(C)(C)C)c3)nc(SC)nc12.CCc1cnn2c1CC(=S)NC2=O. The number of halogens is 1. The highest BCUT2D eigenvalue weighted by atomic mass is 35.5. The number of aliphatic hydroxyl groups excluding tert-OH is 1. The van der Waals surface area contributed by atoms with Gasteiger partial charge in [0.1, 0.15) is 22.6 Å². The van der Waals surface area contributed by atoms with Gasteiger partial charge < -0.3 is 35.7 Å². The van der Waals surface area contributed by atoms with Gasteiger partial charge in [0, 0.05) is 52.2 Å². The number of hydrogen-bond acceptors (Lipinski definition) is 29. The summed E-state index contributed by atoms with van der Waals surface area (Å²) in [5.74, 6) is 1.93. The van der Waals surface area contributed by atoms with Crippen LogP contribution in [0.25, 0.3) is 16.9 Å². The number of thiocyanates is 1. The fourth-order valence-corrected chi connectivity index (χ4v) is 10.3. The van der Waals surface area contributed by atoms with Crippen molar-refractivity contribution in [3.63, 3.8) is 0 Å². The zero-order valence-corrected chi connectivity index (χ0v) is 65.8. The molecule has 0 spiro atoms. The van der Waals surface area contributed by atoms with E-state index in [9.17, 15) is 24.0 Å². The average Bonchev–Trinajstić information content (AvgIpc) is 1.61. The molecule has 0 atom stereocenters. The van der Waals surface area contributed by atoms with Crippen LogP contribution in [0.4, 0.5) is 48.1 Å². The lowest BCUT2D eigenvalue weighted by Crippen LogP contribution is -2.41. The predicted octanol–water partition coefficient (Wildman–Crippen LogP) is 11.5. The van der Waals surface area contributed by atoms with Crippen molar-refractivity contribution in [2.24, 2.45) is 0 Å². The van der Waals surface area contributed by atoms with Crippen molar-refractivity contribution in [1.82, 2.24) is 99.6 Å². The summed E-state index contributed by atoms with van der Waals surface area (Å²) < 4.78 is 20.3. The number of aromatic amines is 3. The summed E-state index contributed by atoms with van der Waals surface area (Å²) in [5.41, 5.74) is 15.5.